The van der Waals surface area contributed by atoms with E-state index in [-0.39, 0.29) is 0 Å². The Kier molecular flexibility index (Phi) is 5.57. The second kappa shape index (κ2) is 7.42. The van der Waals surface area contributed by atoms with Crippen LogP contribution in [0.2, 0.25) is 0 Å². The Morgan fingerprint density at radius 3 is 2.55 bits per heavy atom. The number of sulfonamides is 1. The van der Waals surface area contributed by atoms with Crippen LogP contribution in [0.4, 0.5) is 0 Å². The standard InChI is InChI=1S/C15H15BrN2O3S/c1-22(19,20)18-17-10-13-4-2-3-5-15(13)21-11-12-6-8-14(16)9-7-12/h2-10,18H,11H2,1H3/b17-10+. The fraction of sp³-hybridized carbons (Fsp3) is 0.133. The first-order chi connectivity index (χ1) is 10.4. The number of ether oxygens (including phenoxy) is 1. The van der Waals surface area contributed by atoms with Crippen molar-refractivity contribution in [3.8, 4) is 5.75 Å². The number of hydrogen-bond donors (Lipinski definition) is 1. The molecule has 0 fully saturated rings. The maximum Gasteiger partial charge on any atom is 0.244 e. The molecule has 0 heterocycles. The fourth-order valence-corrected chi connectivity index (χ4v) is 2.16. The first-order valence-electron chi connectivity index (χ1n) is 6.40. The predicted molar refractivity (Wildman–Crippen MR) is 90.5 cm³/mol. The van der Waals surface area contributed by atoms with Crippen LogP contribution in [0.3, 0.4) is 0 Å². The van der Waals surface area contributed by atoms with Gasteiger partial charge < -0.3 is 4.74 Å². The highest BCUT2D eigenvalue weighted by Gasteiger charge is 2.02. The second-order valence-electron chi connectivity index (χ2n) is 4.57. The number of benzene rings is 2. The van der Waals surface area contributed by atoms with Crippen molar-refractivity contribution in [2.45, 2.75) is 6.61 Å². The van der Waals surface area contributed by atoms with E-state index in [1.165, 1.54) is 6.21 Å². The van der Waals surface area contributed by atoms with Gasteiger partial charge in [0.05, 0.1) is 12.5 Å². The average molecular weight is 383 g/mol. The molecule has 0 radical (unpaired) electrons. The molecule has 7 heteroatoms. The molecule has 0 saturated carbocycles. The molecule has 1 N–H and O–H groups in total. The van der Waals surface area contributed by atoms with Crippen LogP contribution in [0.1, 0.15) is 11.1 Å². The molecule has 2 rings (SSSR count). The minimum Gasteiger partial charge on any atom is -0.488 e. The number of hydrazone groups is 1. The number of halogens is 1. The van der Waals surface area contributed by atoms with E-state index in [2.05, 4.69) is 25.9 Å². The molecule has 116 valence electrons. The van der Waals surface area contributed by atoms with E-state index >= 15 is 0 Å². The molecule has 2 aromatic carbocycles. The van der Waals surface area contributed by atoms with Gasteiger partial charge in [-0.3, -0.25) is 0 Å². The second-order valence-corrected chi connectivity index (χ2v) is 7.22. The highest BCUT2D eigenvalue weighted by Crippen LogP contribution is 2.18. The molecule has 0 unspecified atom stereocenters. The number of nitrogens with one attached hydrogen (secondary N) is 1. The van der Waals surface area contributed by atoms with Gasteiger partial charge >= 0.3 is 0 Å². The van der Waals surface area contributed by atoms with E-state index in [0.717, 1.165) is 16.3 Å². The normalized spacial score (nSPS) is 11.5. The Bertz CT molecular complexity index is 759. The monoisotopic (exact) mass is 382 g/mol. The topological polar surface area (TPSA) is 67.8 Å². The van der Waals surface area contributed by atoms with Gasteiger partial charge in [0.25, 0.3) is 0 Å². The van der Waals surface area contributed by atoms with E-state index in [1.54, 1.807) is 12.1 Å². The summed E-state index contributed by atoms with van der Waals surface area (Å²) < 4.78 is 28.7. The van der Waals surface area contributed by atoms with Crippen LogP contribution in [0.25, 0.3) is 0 Å². The maximum absolute atomic E-state index is 11.0. The number of rotatable bonds is 6. The Morgan fingerprint density at radius 2 is 1.86 bits per heavy atom. The number of hydrogen-bond acceptors (Lipinski definition) is 4. The van der Waals surface area contributed by atoms with Crippen LogP contribution in [0.5, 0.6) is 5.75 Å². The van der Waals surface area contributed by atoms with Gasteiger partial charge in [-0.1, -0.05) is 40.2 Å². The molecule has 0 aliphatic carbocycles. The molecule has 0 spiro atoms. The summed E-state index contributed by atoms with van der Waals surface area (Å²) >= 11 is 3.38. The Balaban J connectivity index is 2.06. The van der Waals surface area contributed by atoms with Crippen molar-refractivity contribution >= 4 is 32.2 Å². The van der Waals surface area contributed by atoms with Crippen LogP contribution in [-0.2, 0) is 16.6 Å². The molecule has 0 saturated heterocycles. The van der Waals surface area contributed by atoms with Crippen molar-refractivity contribution in [3.63, 3.8) is 0 Å². The van der Waals surface area contributed by atoms with Crippen LogP contribution in [0, 0.1) is 0 Å². The lowest BCUT2D eigenvalue weighted by Gasteiger charge is -2.09. The number of para-hydroxylation sites is 1. The van der Waals surface area contributed by atoms with E-state index in [9.17, 15) is 8.42 Å². The van der Waals surface area contributed by atoms with E-state index in [1.807, 2.05) is 36.4 Å². The minimum absolute atomic E-state index is 0.414. The quantitative estimate of drug-likeness (QED) is 0.616. The number of nitrogens with zero attached hydrogens (tertiary/aromatic N) is 1. The van der Waals surface area contributed by atoms with Crippen molar-refractivity contribution < 1.29 is 13.2 Å². The van der Waals surface area contributed by atoms with Gasteiger partial charge in [0.15, 0.2) is 0 Å². The summed E-state index contributed by atoms with van der Waals surface area (Å²) in [7, 11) is -3.36. The Morgan fingerprint density at radius 1 is 1.18 bits per heavy atom. The SMILES string of the molecule is CS(=O)(=O)N/N=C/c1ccccc1OCc1ccc(Br)cc1. The zero-order valence-corrected chi connectivity index (χ0v) is 14.3. The molecule has 0 aliphatic rings. The molecule has 0 aromatic heterocycles. The van der Waals surface area contributed by atoms with Gasteiger partial charge in [-0.2, -0.15) is 5.10 Å². The largest absolute Gasteiger partial charge is 0.488 e. The Hall–Kier alpha value is -1.86. The van der Waals surface area contributed by atoms with Gasteiger partial charge in [0, 0.05) is 10.0 Å². The van der Waals surface area contributed by atoms with Gasteiger partial charge in [-0.15, -0.1) is 0 Å². The highest BCUT2D eigenvalue weighted by atomic mass is 79.9. The first kappa shape index (κ1) is 16.5. The molecule has 0 aliphatic heterocycles. The van der Waals surface area contributed by atoms with Gasteiger partial charge in [0.1, 0.15) is 12.4 Å². The summed E-state index contributed by atoms with van der Waals surface area (Å²) in [5, 5.41) is 3.69. The van der Waals surface area contributed by atoms with Crippen LogP contribution >= 0.6 is 15.9 Å². The molecule has 2 aromatic rings. The van der Waals surface area contributed by atoms with Crippen molar-refractivity contribution in [3.05, 3.63) is 64.1 Å². The molecule has 22 heavy (non-hydrogen) atoms. The lowest BCUT2D eigenvalue weighted by Crippen LogP contribution is -2.15. The summed E-state index contributed by atoms with van der Waals surface area (Å²) in [6.45, 7) is 0.414. The molecule has 0 atom stereocenters. The van der Waals surface area contributed by atoms with Gasteiger partial charge in [0.2, 0.25) is 10.0 Å². The zero-order chi connectivity index (χ0) is 16.0. The summed E-state index contributed by atoms with van der Waals surface area (Å²) in [6.07, 6.45) is 2.46. The molecular weight excluding hydrogens is 368 g/mol. The first-order valence-corrected chi connectivity index (χ1v) is 9.08. The molecule has 0 bridgehead atoms. The summed E-state index contributed by atoms with van der Waals surface area (Å²) in [4.78, 5) is 2.06. The van der Waals surface area contributed by atoms with E-state index in [4.69, 9.17) is 4.74 Å². The smallest absolute Gasteiger partial charge is 0.244 e. The lowest BCUT2D eigenvalue weighted by molar-refractivity contribution is 0.306. The van der Waals surface area contributed by atoms with Crippen molar-refractivity contribution in [2.75, 3.05) is 6.26 Å². The third-order valence-electron chi connectivity index (χ3n) is 2.65. The average Bonchev–Trinajstić information content (AvgIpc) is 2.46. The van der Waals surface area contributed by atoms with Crippen LogP contribution < -0.4 is 9.57 Å². The van der Waals surface area contributed by atoms with Gasteiger partial charge in [-0.05, 0) is 29.8 Å². The van der Waals surface area contributed by atoms with E-state index in [0.29, 0.717) is 17.9 Å². The molecule has 5 nitrogen and oxygen atoms in total. The van der Waals surface area contributed by atoms with Crippen molar-refractivity contribution in [1.29, 1.82) is 0 Å². The minimum atomic E-state index is -3.36. The third-order valence-corrected chi connectivity index (χ3v) is 3.61. The predicted octanol–water partition coefficient (Wildman–Crippen LogP) is 2.91. The van der Waals surface area contributed by atoms with Crippen molar-refractivity contribution in [1.82, 2.24) is 4.83 Å². The Labute approximate surface area is 138 Å². The lowest BCUT2D eigenvalue weighted by atomic mass is 10.2. The summed E-state index contributed by atoms with van der Waals surface area (Å²) in [6, 6.07) is 15.1. The van der Waals surface area contributed by atoms with Gasteiger partial charge in [-0.25, -0.2) is 13.2 Å². The fourth-order valence-electron chi connectivity index (χ4n) is 1.65. The highest BCUT2D eigenvalue weighted by molar-refractivity contribution is 9.10. The third kappa shape index (κ3) is 5.50. The van der Waals surface area contributed by atoms with Crippen LogP contribution in [-0.4, -0.2) is 20.9 Å². The van der Waals surface area contributed by atoms with Crippen molar-refractivity contribution in [2.24, 2.45) is 5.10 Å². The zero-order valence-electron chi connectivity index (χ0n) is 11.9. The summed E-state index contributed by atoms with van der Waals surface area (Å²) in [5.41, 5.74) is 1.72. The summed E-state index contributed by atoms with van der Waals surface area (Å²) in [5.74, 6) is 0.629. The van der Waals surface area contributed by atoms with E-state index < -0.39 is 10.0 Å². The molecule has 0 amide bonds. The van der Waals surface area contributed by atoms with Crippen LogP contribution in [0.15, 0.2) is 58.1 Å². The molecular formula is C15H15BrN2O3S. The maximum atomic E-state index is 11.0.